The van der Waals surface area contributed by atoms with Crippen LogP contribution in [0, 0.1) is 6.92 Å². The number of fused-ring (bicyclic) bond motifs is 1. The summed E-state index contributed by atoms with van der Waals surface area (Å²) in [5.41, 5.74) is 3.43. The lowest BCUT2D eigenvalue weighted by Gasteiger charge is -2.20. The van der Waals surface area contributed by atoms with Crippen LogP contribution in [0.15, 0.2) is 24.4 Å². The van der Waals surface area contributed by atoms with E-state index in [1.54, 1.807) is 0 Å². The van der Waals surface area contributed by atoms with Gasteiger partial charge in [-0.2, -0.15) is 0 Å². The van der Waals surface area contributed by atoms with Crippen molar-refractivity contribution in [2.45, 2.75) is 39.7 Å². The van der Waals surface area contributed by atoms with Gasteiger partial charge in [-0.05, 0) is 64.4 Å². The second kappa shape index (κ2) is 6.63. The topological polar surface area (TPSA) is 37.0 Å². The average molecular weight is 306 g/mol. The Hall–Kier alpha value is -1.32. The molecule has 3 nitrogen and oxygen atoms in total. The number of rotatable bonds is 5. The molecule has 0 unspecified atom stereocenters. The van der Waals surface area contributed by atoms with E-state index in [1.165, 1.54) is 0 Å². The summed E-state index contributed by atoms with van der Waals surface area (Å²) in [7, 11) is 0. The van der Waals surface area contributed by atoms with Crippen molar-refractivity contribution < 1.29 is 0 Å². The van der Waals surface area contributed by atoms with E-state index in [0.29, 0.717) is 0 Å². The van der Waals surface area contributed by atoms with Crippen molar-refractivity contribution in [1.29, 1.82) is 0 Å². The monoisotopic (exact) mass is 305 g/mol. The highest BCUT2D eigenvalue weighted by Crippen LogP contribution is 2.27. The van der Waals surface area contributed by atoms with Gasteiger partial charge in [0.25, 0.3) is 0 Å². The number of nitrogens with zero attached hydrogens (tertiary/aromatic N) is 1. The highest BCUT2D eigenvalue weighted by molar-refractivity contribution is 6.31. The minimum Gasteiger partial charge on any atom is -0.384 e. The molecule has 0 bridgehead atoms. The summed E-state index contributed by atoms with van der Waals surface area (Å²) in [6.45, 7) is 10.6. The smallest absolute Gasteiger partial charge is 0.0737 e. The van der Waals surface area contributed by atoms with E-state index in [4.69, 9.17) is 11.6 Å². The first-order valence-electron chi connectivity index (χ1n) is 7.40. The third-order valence-corrected chi connectivity index (χ3v) is 3.57. The fraction of sp³-hybridized carbons (Fsp3) is 0.471. The van der Waals surface area contributed by atoms with E-state index in [-0.39, 0.29) is 5.54 Å². The predicted molar refractivity (Wildman–Crippen MR) is 92.4 cm³/mol. The maximum atomic E-state index is 6.03. The van der Waals surface area contributed by atoms with Crippen LogP contribution in [0.5, 0.6) is 0 Å². The molecule has 0 aliphatic heterocycles. The number of hydrogen-bond donors (Lipinski definition) is 2. The molecule has 2 rings (SSSR count). The summed E-state index contributed by atoms with van der Waals surface area (Å²) in [4.78, 5) is 4.44. The van der Waals surface area contributed by atoms with Gasteiger partial charge in [-0.25, -0.2) is 0 Å². The van der Waals surface area contributed by atoms with Gasteiger partial charge in [0.2, 0.25) is 0 Å². The normalized spacial score (nSPS) is 11.9. The molecule has 0 spiro atoms. The molecule has 0 saturated carbocycles. The van der Waals surface area contributed by atoms with Crippen LogP contribution in [0.1, 0.15) is 32.8 Å². The molecule has 0 amide bonds. The molecule has 0 fully saturated rings. The Morgan fingerprint density at radius 2 is 1.95 bits per heavy atom. The standard InChI is InChI=1S/C17H24ClN3/c1-12-11-20-15-10-13(18)6-7-14(15)16(12)19-8-5-9-21-17(2,3)4/h6-7,10-11,21H,5,8-9H2,1-4H3,(H,19,20). The van der Waals surface area contributed by atoms with E-state index in [1.807, 2.05) is 24.4 Å². The highest BCUT2D eigenvalue weighted by Gasteiger charge is 2.08. The van der Waals surface area contributed by atoms with Crippen LogP contribution in [0.3, 0.4) is 0 Å². The summed E-state index contributed by atoms with van der Waals surface area (Å²) < 4.78 is 0. The number of aromatic nitrogens is 1. The highest BCUT2D eigenvalue weighted by atomic mass is 35.5. The summed E-state index contributed by atoms with van der Waals surface area (Å²) in [6.07, 6.45) is 2.97. The molecule has 21 heavy (non-hydrogen) atoms. The Balaban J connectivity index is 2.03. The number of pyridine rings is 1. The SMILES string of the molecule is Cc1cnc2cc(Cl)ccc2c1NCCCNC(C)(C)C. The molecular weight excluding hydrogens is 282 g/mol. The van der Waals surface area contributed by atoms with Gasteiger partial charge >= 0.3 is 0 Å². The van der Waals surface area contributed by atoms with Crippen LogP contribution in [-0.4, -0.2) is 23.6 Å². The van der Waals surface area contributed by atoms with Crippen molar-refractivity contribution in [3.63, 3.8) is 0 Å². The van der Waals surface area contributed by atoms with Crippen LogP contribution >= 0.6 is 11.6 Å². The first-order chi connectivity index (χ1) is 9.87. The van der Waals surface area contributed by atoms with E-state index in [2.05, 4.69) is 43.3 Å². The van der Waals surface area contributed by atoms with Crippen molar-refractivity contribution in [1.82, 2.24) is 10.3 Å². The van der Waals surface area contributed by atoms with Crippen molar-refractivity contribution in [3.05, 3.63) is 35.0 Å². The molecule has 1 aromatic carbocycles. The lowest BCUT2D eigenvalue weighted by Crippen LogP contribution is -2.36. The molecule has 0 saturated heterocycles. The summed E-state index contributed by atoms with van der Waals surface area (Å²) in [5, 5.41) is 8.89. The summed E-state index contributed by atoms with van der Waals surface area (Å²) in [6, 6.07) is 5.85. The van der Waals surface area contributed by atoms with Gasteiger partial charge in [0.05, 0.1) is 5.52 Å². The quantitative estimate of drug-likeness (QED) is 0.805. The van der Waals surface area contributed by atoms with Gasteiger partial charge in [0.1, 0.15) is 0 Å². The number of hydrogen-bond acceptors (Lipinski definition) is 3. The zero-order valence-corrected chi connectivity index (χ0v) is 14.0. The number of nitrogens with one attached hydrogen (secondary N) is 2. The van der Waals surface area contributed by atoms with E-state index in [9.17, 15) is 0 Å². The van der Waals surface area contributed by atoms with Crippen LogP contribution in [0.4, 0.5) is 5.69 Å². The third-order valence-electron chi connectivity index (χ3n) is 3.33. The van der Waals surface area contributed by atoms with E-state index < -0.39 is 0 Å². The van der Waals surface area contributed by atoms with Gasteiger partial charge in [-0.15, -0.1) is 0 Å². The molecule has 0 aliphatic rings. The van der Waals surface area contributed by atoms with Gasteiger partial charge < -0.3 is 10.6 Å². The molecule has 2 N–H and O–H groups in total. The first-order valence-corrected chi connectivity index (χ1v) is 7.78. The van der Waals surface area contributed by atoms with Crippen LogP contribution < -0.4 is 10.6 Å². The minimum absolute atomic E-state index is 0.177. The number of anilines is 1. The second-order valence-electron chi connectivity index (χ2n) is 6.43. The predicted octanol–water partition coefficient (Wildman–Crippen LogP) is 4.39. The molecule has 0 atom stereocenters. The molecule has 2 aromatic rings. The van der Waals surface area contributed by atoms with Crippen molar-refractivity contribution in [3.8, 4) is 0 Å². The molecule has 0 aliphatic carbocycles. The Bertz CT molecular complexity index is 617. The lowest BCUT2D eigenvalue weighted by atomic mass is 10.1. The van der Waals surface area contributed by atoms with Gasteiger partial charge in [0, 0.05) is 34.4 Å². The van der Waals surface area contributed by atoms with Crippen molar-refractivity contribution >= 4 is 28.2 Å². The van der Waals surface area contributed by atoms with E-state index >= 15 is 0 Å². The molecule has 1 heterocycles. The fourth-order valence-corrected chi connectivity index (χ4v) is 2.43. The van der Waals surface area contributed by atoms with E-state index in [0.717, 1.165) is 46.7 Å². The number of aryl methyl sites for hydroxylation is 1. The van der Waals surface area contributed by atoms with Crippen LogP contribution in [-0.2, 0) is 0 Å². The largest absolute Gasteiger partial charge is 0.384 e. The van der Waals surface area contributed by atoms with Crippen molar-refractivity contribution in [2.75, 3.05) is 18.4 Å². The maximum Gasteiger partial charge on any atom is 0.0737 e. The summed E-state index contributed by atoms with van der Waals surface area (Å²) in [5.74, 6) is 0. The molecule has 0 radical (unpaired) electrons. The third kappa shape index (κ3) is 4.58. The molecule has 1 aromatic heterocycles. The van der Waals surface area contributed by atoms with Gasteiger partial charge in [0.15, 0.2) is 0 Å². The second-order valence-corrected chi connectivity index (χ2v) is 6.87. The Morgan fingerprint density at radius 1 is 1.19 bits per heavy atom. The van der Waals surface area contributed by atoms with Crippen molar-refractivity contribution in [2.24, 2.45) is 0 Å². The Kier molecular flexibility index (Phi) is 5.07. The van der Waals surface area contributed by atoms with Gasteiger partial charge in [-0.3, -0.25) is 4.98 Å². The molecule has 114 valence electrons. The Labute approximate surface area is 132 Å². The Morgan fingerprint density at radius 3 is 2.67 bits per heavy atom. The van der Waals surface area contributed by atoms with Crippen LogP contribution in [0.25, 0.3) is 10.9 Å². The molecular formula is C17H24ClN3. The number of benzene rings is 1. The first kappa shape index (κ1) is 16.1. The maximum absolute atomic E-state index is 6.03. The fourth-order valence-electron chi connectivity index (χ4n) is 2.27. The molecule has 4 heteroatoms. The minimum atomic E-state index is 0.177. The zero-order chi connectivity index (χ0) is 15.5. The summed E-state index contributed by atoms with van der Waals surface area (Å²) >= 11 is 6.03. The average Bonchev–Trinajstić information content (AvgIpc) is 2.39. The number of halogens is 1. The zero-order valence-electron chi connectivity index (χ0n) is 13.3. The lowest BCUT2D eigenvalue weighted by molar-refractivity contribution is 0.425. The van der Waals surface area contributed by atoms with Crippen LogP contribution in [0.2, 0.25) is 5.02 Å². The van der Waals surface area contributed by atoms with Gasteiger partial charge in [-0.1, -0.05) is 11.6 Å².